The maximum absolute atomic E-state index is 13.0. The van der Waals surface area contributed by atoms with Gasteiger partial charge < -0.3 is 10.2 Å². The fourth-order valence-electron chi connectivity index (χ4n) is 3.24. The fraction of sp³-hybridized carbons (Fsp3) is 0.286. The Morgan fingerprint density at radius 3 is 2.34 bits per heavy atom. The molecule has 3 rings (SSSR count). The van der Waals surface area contributed by atoms with Crippen LogP contribution in [0.25, 0.3) is 6.08 Å². The number of quaternary nitrogens is 1. The molecule has 154 valence electrons. The molecule has 1 aliphatic rings. The summed E-state index contributed by atoms with van der Waals surface area (Å²) in [5.41, 5.74) is 1.36. The molecule has 0 saturated carbocycles. The van der Waals surface area contributed by atoms with Crippen molar-refractivity contribution in [3.8, 4) is 0 Å². The molecule has 1 amide bonds. The molecule has 1 heterocycles. The molecular weight excluding hydrogens is 393 g/mol. The van der Waals surface area contributed by atoms with Crippen molar-refractivity contribution in [2.24, 2.45) is 0 Å². The Morgan fingerprint density at radius 2 is 1.72 bits per heavy atom. The van der Waals surface area contributed by atoms with Crippen molar-refractivity contribution >= 4 is 27.7 Å². The largest absolute Gasteiger partial charge is 0.323 e. The first-order valence-corrected chi connectivity index (χ1v) is 11.0. The molecule has 1 fully saturated rings. The van der Waals surface area contributed by atoms with E-state index in [0.717, 1.165) is 10.5 Å². The van der Waals surface area contributed by atoms with Crippen LogP contribution in [0.15, 0.2) is 60.0 Å². The molecule has 0 radical (unpaired) electrons. The smallest absolute Gasteiger partial charge is 0.282 e. The Balaban J connectivity index is 1.54. The number of carbonyl (C=O) groups excluding carboxylic acids is 1. The van der Waals surface area contributed by atoms with E-state index in [2.05, 4.69) is 5.32 Å². The molecule has 6 nitrogen and oxygen atoms in total. The first-order valence-electron chi connectivity index (χ1n) is 9.49. The monoisotopic (exact) mass is 418 g/mol. The number of nitrogens with zero attached hydrogens (tertiary/aromatic N) is 1. The van der Waals surface area contributed by atoms with Crippen LogP contribution < -0.4 is 10.2 Å². The highest BCUT2D eigenvalue weighted by atomic mass is 32.2. The minimum absolute atomic E-state index is 0.174. The predicted molar refractivity (Wildman–Crippen MR) is 111 cm³/mol. The summed E-state index contributed by atoms with van der Waals surface area (Å²) in [6.45, 7) is 3.59. The van der Waals surface area contributed by atoms with Gasteiger partial charge in [-0.2, -0.15) is 4.31 Å². The van der Waals surface area contributed by atoms with Crippen molar-refractivity contribution in [2.75, 3.05) is 31.5 Å². The highest BCUT2D eigenvalue weighted by Crippen LogP contribution is 2.10. The Morgan fingerprint density at radius 1 is 1.10 bits per heavy atom. The van der Waals surface area contributed by atoms with E-state index in [-0.39, 0.29) is 17.8 Å². The Kier molecular flexibility index (Phi) is 6.79. The lowest BCUT2D eigenvalue weighted by Gasteiger charge is -2.33. The maximum Gasteiger partial charge on any atom is 0.282 e. The summed E-state index contributed by atoms with van der Waals surface area (Å²) in [5, 5.41) is 4.01. The van der Waals surface area contributed by atoms with Crippen LogP contribution in [0.2, 0.25) is 0 Å². The first-order chi connectivity index (χ1) is 13.8. The molecule has 2 N–H and O–H groups in total. The van der Waals surface area contributed by atoms with Crippen molar-refractivity contribution in [2.45, 2.75) is 13.0 Å². The average molecular weight is 419 g/mol. The van der Waals surface area contributed by atoms with Gasteiger partial charge in [0.2, 0.25) is 10.0 Å². The molecule has 1 aliphatic heterocycles. The Labute approximate surface area is 170 Å². The van der Waals surface area contributed by atoms with E-state index in [1.165, 1.54) is 34.0 Å². The number of nitrogens with one attached hydrogen (secondary N) is 2. The molecule has 1 atom stereocenters. The number of anilines is 1. The number of hydrogen-bond donors (Lipinski definition) is 2. The minimum Gasteiger partial charge on any atom is -0.323 e. The number of benzene rings is 2. The van der Waals surface area contributed by atoms with E-state index in [9.17, 15) is 17.6 Å². The fourth-order valence-corrected chi connectivity index (χ4v) is 4.44. The molecule has 29 heavy (non-hydrogen) atoms. The Bertz CT molecular complexity index is 954. The summed E-state index contributed by atoms with van der Waals surface area (Å²) in [6.07, 6.45) is 1.59. The quantitative estimate of drug-likeness (QED) is 0.744. The molecule has 8 heteroatoms. The van der Waals surface area contributed by atoms with Crippen LogP contribution in [0.3, 0.4) is 0 Å². The van der Waals surface area contributed by atoms with Gasteiger partial charge in [0.1, 0.15) is 5.82 Å². The summed E-state index contributed by atoms with van der Waals surface area (Å²) in [4.78, 5) is 13.5. The Hall–Kier alpha value is -2.55. The lowest BCUT2D eigenvalue weighted by molar-refractivity contribution is -0.917. The number of carbonyl (C=O) groups is 1. The van der Waals surface area contributed by atoms with Crippen LogP contribution in [-0.2, 0) is 14.8 Å². The molecular formula is C21H25FN3O3S+. The van der Waals surface area contributed by atoms with E-state index in [0.29, 0.717) is 31.9 Å². The second-order valence-corrected chi connectivity index (χ2v) is 8.85. The lowest BCUT2D eigenvalue weighted by Crippen LogP contribution is -3.19. The SMILES string of the molecule is C[C@@H](C(=O)Nc1ccc(F)cc1)[NH+]1CCN(S(=O)(=O)/C=C/c2ccccc2)CC1. The van der Waals surface area contributed by atoms with Crippen molar-refractivity contribution in [3.05, 3.63) is 71.4 Å². The molecule has 2 aromatic carbocycles. The number of hydrogen-bond acceptors (Lipinski definition) is 3. The highest BCUT2D eigenvalue weighted by Gasteiger charge is 2.32. The van der Waals surface area contributed by atoms with Gasteiger partial charge in [-0.1, -0.05) is 30.3 Å². The number of rotatable bonds is 6. The maximum atomic E-state index is 13.0. The zero-order valence-electron chi connectivity index (χ0n) is 16.2. The molecule has 2 aromatic rings. The number of sulfonamides is 1. The van der Waals surface area contributed by atoms with Gasteiger partial charge in [-0.25, -0.2) is 12.8 Å². The van der Waals surface area contributed by atoms with Crippen molar-refractivity contribution < 1.29 is 22.5 Å². The summed E-state index contributed by atoms with van der Waals surface area (Å²) >= 11 is 0. The zero-order valence-corrected chi connectivity index (χ0v) is 17.0. The van der Waals surface area contributed by atoms with Crippen LogP contribution in [0.5, 0.6) is 0 Å². The van der Waals surface area contributed by atoms with Crippen LogP contribution in [0.4, 0.5) is 10.1 Å². The summed E-state index contributed by atoms with van der Waals surface area (Å²) in [5.74, 6) is -0.535. The topological polar surface area (TPSA) is 70.9 Å². The van der Waals surface area contributed by atoms with Crippen molar-refractivity contribution in [1.82, 2.24) is 4.31 Å². The van der Waals surface area contributed by atoms with E-state index in [1.807, 2.05) is 37.3 Å². The highest BCUT2D eigenvalue weighted by molar-refractivity contribution is 7.92. The van der Waals surface area contributed by atoms with E-state index in [4.69, 9.17) is 0 Å². The van der Waals surface area contributed by atoms with E-state index >= 15 is 0 Å². The van der Waals surface area contributed by atoms with Gasteiger partial charge >= 0.3 is 0 Å². The van der Waals surface area contributed by atoms with Gasteiger partial charge in [-0.05, 0) is 42.8 Å². The van der Waals surface area contributed by atoms with Gasteiger partial charge in [0.15, 0.2) is 6.04 Å². The van der Waals surface area contributed by atoms with Gasteiger partial charge in [-0.15, -0.1) is 0 Å². The second-order valence-electron chi connectivity index (χ2n) is 7.03. The summed E-state index contributed by atoms with van der Waals surface area (Å²) < 4.78 is 39.5. The third-order valence-corrected chi connectivity index (χ3v) is 6.64. The lowest BCUT2D eigenvalue weighted by atomic mass is 10.2. The zero-order chi connectivity index (χ0) is 20.9. The van der Waals surface area contributed by atoms with E-state index < -0.39 is 10.0 Å². The third kappa shape index (κ3) is 5.72. The average Bonchev–Trinajstić information content (AvgIpc) is 2.74. The van der Waals surface area contributed by atoms with Crippen LogP contribution in [-0.4, -0.2) is 50.9 Å². The van der Waals surface area contributed by atoms with Gasteiger partial charge in [0, 0.05) is 11.1 Å². The van der Waals surface area contributed by atoms with E-state index in [1.54, 1.807) is 6.08 Å². The normalized spacial score (nSPS) is 17.3. The van der Waals surface area contributed by atoms with Gasteiger partial charge in [-0.3, -0.25) is 4.79 Å². The molecule has 0 aromatic heterocycles. The van der Waals surface area contributed by atoms with Crippen LogP contribution >= 0.6 is 0 Å². The number of halogens is 1. The van der Waals surface area contributed by atoms with Crippen molar-refractivity contribution in [3.63, 3.8) is 0 Å². The summed E-state index contributed by atoms with van der Waals surface area (Å²) in [6, 6.07) is 14.5. The van der Waals surface area contributed by atoms with Gasteiger partial charge in [0.25, 0.3) is 5.91 Å². The van der Waals surface area contributed by atoms with Gasteiger partial charge in [0.05, 0.1) is 26.2 Å². The number of piperazine rings is 1. The molecule has 0 bridgehead atoms. The number of amides is 1. The minimum atomic E-state index is -3.50. The van der Waals surface area contributed by atoms with Crippen LogP contribution in [0.1, 0.15) is 12.5 Å². The molecule has 0 spiro atoms. The molecule has 0 aliphatic carbocycles. The molecule has 0 unspecified atom stereocenters. The third-order valence-electron chi connectivity index (χ3n) is 5.07. The second kappa shape index (κ2) is 9.30. The standard InChI is InChI=1S/C21H24FN3O3S/c1-17(21(26)23-20-9-7-19(22)8-10-20)24-12-14-25(15-13-24)29(27,28)16-11-18-5-3-2-4-6-18/h2-11,16-17H,12-15H2,1H3,(H,23,26)/p+1/b16-11+/t17-/m0/s1. The first kappa shape index (κ1) is 21.2. The molecule has 1 saturated heterocycles. The summed E-state index contributed by atoms with van der Waals surface area (Å²) in [7, 11) is -3.50. The predicted octanol–water partition coefficient (Wildman–Crippen LogP) is 1.35. The van der Waals surface area contributed by atoms with Crippen molar-refractivity contribution in [1.29, 1.82) is 0 Å². The van der Waals surface area contributed by atoms with Crippen LogP contribution in [0, 0.1) is 5.82 Å².